The molecular weight excluding hydrogens is 265 g/mol. The van der Waals surface area contributed by atoms with Gasteiger partial charge in [0.25, 0.3) is 0 Å². The Morgan fingerprint density at radius 2 is 1.83 bits per heavy atom. The molecule has 7 heteroatoms. The van der Waals surface area contributed by atoms with Crippen LogP contribution in [0.25, 0.3) is 0 Å². The third kappa shape index (κ3) is 3.10. The lowest BCUT2D eigenvalue weighted by Crippen LogP contribution is -2.21. The molecule has 98 valence electrons. The zero-order valence-corrected chi connectivity index (χ0v) is 10.1. The van der Waals surface area contributed by atoms with Gasteiger partial charge in [0.1, 0.15) is 0 Å². The molecule has 0 saturated heterocycles. The van der Waals surface area contributed by atoms with Crippen molar-refractivity contribution in [2.75, 3.05) is 5.73 Å². The molecule has 0 aliphatic heterocycles. The van der Waals surface area contributed by atoms with Crippen molar-refractivity contribution in [3.05, 3.63) is 24.3 Å². The number of halogens is 3. The smallest absolute Gasteiger partial charge is 0.399 e. The van der Waals surface area contributed by atoms with E-state index in [9.17, 15) is 18.0 Å². The Kier molecular flexibility index (Phi) is 3.43. The lowest BCUT2D eigenvalue weighted by atomic mass is 10.3. The summed E-state index contributed by atoms with van der Waals surface area (Å²) in [5.74, 6) is -2.01. The van der Waals surface area contributed by atoms with Crippen LogP contribution < -0.4 is 5.73 Å². The third-order valence-corrected chi connectivity index (χ3v) is 4.61. The highest BCUT2D eigenvalue weighted by Gasteiger charge is 2.40. The number of hydrogen-bond acceptors (Lipinski definition) is 2. The molecular formula is C11H11F3N2OS. The maximum atomic E-state index is 12.2. The molecule has 1 aliphatic rings. The number of nitrogens with two attached hydrogens (primary N) is 1. The summed E-state index contributed by atoms with van der Waals surface area (Å²) in [6.07, 6.45) is -3.28. The highest BCUT2D eigenvalue weighted by molar-refractivity contribution is 7.88. The predicted octanol–water partition coefficient (Wildman–Crippen LogP) is 2.68. The highest BCUT2D eigenvalue weighted by atomic mass is 32.2. The van der Waals surface area contributed by atoms with E-state index in [0.717, 1.165) is 12.8 Å². The fourth-order valence-electron chi connectivity index (χ4n) is 1.36. The van der Waals surface area contributed by atoms with Crippen molar-refractivity contribution in [2.45, 2.75) is 29.2 Å². The number of anilines is 1. The second-order valence-corrected chi connectivity index (χ2v) is 5.93. The van der Waals surface area contributed by atoms with Gasteiger partial charge in [0.2, 0.25) is 0 Å². The topological polar surface area (TPSA) is 55.4 Å². The van der Waals surface area contributed by atoms with Gasteiger partial charge in [-0.1, -0.05) is 10.7 Å². The van der Waals surface area contributed by atoms with Crippen LogP contribution in [0.1, 0.15) is 12.8 Å². The molecule has 2 N–H and O–H groups in total. The summed E-state index contributed by atoms with van der Waals surface area (Å²) in [5, 5.41) is 0.0555. The van der Waals surface area contributed by atoms with Crippen LogP contribution in [0.5, 0.6) is 0 Å². The fourth-order valence-corrected chi connectivity index (χ4v) is 3.28. The number of amides is 1. The minimum Gasteiger partial charge on any atom is -0.399 e. The van der Waals surface area contributed by atoms with E-state index in [1.54, 1.807) is 24.3 Å². The zero-order valence-electron chi connectivity index (χ0n) is 9.28. The second-order valence-electron chi connectivity index (χ2n) is 3.98. The molecule has 1 aromatic rings. The van der Waals surface area contributed by atoms with Crippen molar-refractivity contribution in [1.82, 2.24) is 0 Å². The number of carbonyl (C=O) groups is 1. The van der Waals surface area contributed by atoms with E-state index >= 15 is 0 Å². The minimum atomic E-state index is -4.89. The van der Waals surface area contributed by atoms with E-state index < -0.39 is 22.8 Å². The number of alkyl halides is 3. The lowest BCUT2D eigenvalue weighted by Gasteiger charge is -2.08. The number of hydrogen-bond donors (Lipinski definition) is 1. The van der Waals surface area contributed by atoms with Gasteiger partial charge >= 0.3 is 12.1 Å². The molecule has 3 nitrogen and oxygen atoms in total. The normalized spacial score (nSPS) is 17.7. The zero-order chi connectivity index (χ0) is 13.3. The fraction of sp³-hybridized carbons (Fsp3) is 0.364. The SMILES string of the molecule is Nc1ccc(S(=NC(=O)C(F)(F)F)C2CC2)cc1. The monoisotopic (exact) mass is 276 g/mol. The Hall–Kier alpha value is -1.37. The van der Waals surface area contributed by atoms with Crippen LogP contribution in [0.2, 0.25) is 0 Å². The van der Waals surface area contributed by atoms with E-state index in [-0.39, 0.29) is 5.25 Å². The minimum absolute atomic E-state index is 0.0555. The molecule has 1 atom stereocenters. The Morgan fingerprint density at radius 1 is 1.28 bits per heavy atom. The van der Waals surface area contributed by atoms with Crippen LogP contribution in [0.3, 0.4) is 0 Å². The average Bonchev–Trinajstić information content (AvgIpc) is 3.09. The van der Waals surface area contributed by atoms with Gasteiger partial charge in [0.15, 0.2) is 0 Å². The summed E-state index contributed by atoms with van der Waals surface area (Å²) >= 11 is 0. The standard InChI is InChI=1S/C11H11F3N2OS/c12-11(13,14)10(17)16-18(9-5-6-9)8-3-1-7(15)2-4-8/h1-4,9H,5-6,15H2. The van der Waals surface area contributed by atoms with Crippen LogP contribution in [-0.4, -0.2) is 17.3 Å². The van der Waals surface area contributed by atoms with E-state index in [1.165, 1.54) is 0 Å². The van der Waals surface area contributed by atoms with Crippen molar-refractivity contribution in [3.63, 3.8) is 0 Å². The molecule has 0 heterocycles. The number of nitrogen functional groups attached to an aromatic ring is 1. The van der Waals surface area contributed by atoms with Crippen molar-refractivity contribution < 1.29 is 18.0 Å². The van der Waals surface area contributed by atoms with E-state index in [4.69, 9.17) is 5.73 Å². The predicted molar refractivity (Wildman–Crippen MR) is 63.0 cm³/mol. The highest BCUT2D eigenvalue weighted by Crippen LogP contribution is 2.33. The summed E-state index contributed by atoms with van der Waals surface area (Å²) in [6, 6.07) is 6.46. The molecule has 1 saturated carbocycles. The third-order valence-electron chi connectivity index (χ3n) is 2.39. The van der Waals surface area contributed by atoms with Crippen LogP contribution in [0.4, 0.5) is 18.9 Å². The van der Waals surface area contributed by atoms with Crippen LogP contribution in [-0.2, 0) is 15.5 Å². The maximum absolute atomic E-state index is 12.2. The molecule has 1 fully saturated rings. The van der Waals surface area contributed by atoms with E-state index in [0.29, 0.717) is 10.6 Å². The molecule has 0 bridgehead atoms. The van der Waals surface area contributed by atoms with E-state index in [2.05, 4.69) is 4.36 Å². The quantitative estimate of drug-likeness (QED) is 0.844. The van der Waals surface area contributed by atoms with Gasteiger partial charge in [0, 0.05) is 15.8 Å². The molecule has 0 radical (unpaired) electrons. The van der Waals surface area contributed by atoms with Gasteiger partial charge in [-0.05, 0) is 37.1 Å². The Morgan fingerprint density at radius 3 is 2.28 bits per heavy atom. The van der Waals surface area contributed by atoms with Crippen LogP contribution in [0, 0.1) is 0 Å². The van der Waals surface area contributed by atoms with Gasteiger partial charge in [-0.15, -0.1) is 0 Å². The molecule has 0 spiro atoms. The molecule has 0 aromatic heterocycles. The number of rotatable bonds is 2. The first kappa shape index (κ1) is 13.1. The number of nitrogens with zero attached hydrogens (tertiary/aromatic N) is 1. The van der Waals surface area contributed by atoms with Crippen LogP contribution >= 0.6 is 0 Å². The van der Waals surface area contributed by atoms with Crippen LogP contribution in [0.15, 0.2) is 33.5 Å². The Bertz CT molecular complexity index is 492. The summed E-state index contributed by atoms with van der Waals surface area (Å²) in [4.78, 5) is 11.6. The summed E-state index contributed by atoms with van der Waals surface area (Å²) in [5.41, 5.74) is 6.04. The first-order valence-corrected chi connectivity index (χ1v) is 6.54. The average molecular weight is 276 g/mol. The van der Waals surface area contributed by atoms with Gasteiger partial charge in [-0.3, -0.25) is 4.79 Å². The van der Waals surface area contributed by atoms with Crippen molar-refractivity contribution in [3.8, 4) is 0 Å². The van der Waals surface area contributed by atoms with Crippen molar-refractivity contribution in [1.29, 1.82) is 0 Å². The second kappa shape index (κ2) is 4.72. The largest absolute Gasteiger partial charge is 0.474 e. The molecule has 2 rings (SSSR count). The van der Waals surface area contributed by atoms with Gasteiger partial charge < -0.3 is 5.73 Å². The molecule has 1 unspecified atom stereocenters. The van der Waals surface area contributed by atoms with Crippen molar-refractivity contribution >= 4 is 22.3 Å². The Labute approximate surface area is 104 Å². The number of carbonyl (C=O) groups excluding carboxylic acids is 1. The first-order chi connectivity index (χ1) is 8.38. The Balaban J connectivity index is 2.32. The summed E-state index contributed by atoms with van der Waals surface area (Å²) < 4.78 is 40.0. The summed E-state index contributed by atoms with van der Waals surface area (Å²) in [6.45, 7) is 0. The van der Waals surface area contributed by atoms with E-state index in [1.807, 2.05) is 0 Å². The van der Waals surface area contributed by atoms with Gasteiger partial charge in [0.05, 0.1) is 0 Å². The number of benzene rings is 1. The summed E-state index contributed by atoms with van der Waals surface area (Å²) in [7, 11) is -1.01. The maximum Gasteiger partial charge on any atom is 0.474 e. The molecule has 18 heavy (non-hydrogen) atoms. The molecule has 1 aliphatic carbocycles. The van der Waals surface area contributed by atoms with Gasteiger partial charge in [-0.2, -0.15) is 17.5 Å². The molecule has 1 aromatic carbocycles. The lowest BCUT2D eigenvalue weighted by molar-refractivity contribution is -0.169. The van der Waals surface area contributed by atoms with Gasteiger partial charge in [-0.25, -0.2) is 0 Å². The molecule has 1 amide bonds. The van der Waals surface area contributed by atoms with Crippen molar-refractivity contribution in [2.24, 2.45) is 4.36 Å². The first-order valence-electron chi connectivity index (χ1n) is 5.29.